The van der Waals surface area contributed by atoms with Crippen molar-refractivity contribution in [3.8, 4) is 6.07 Å². The maximum atomic E-state index is 12.6. The Labute approximate surface area is 145 Å². The lowest BCUT2D eigenvalue weighted by Crippen LogP contribution is -2.32. The summed E-state index contributed by atoms with van der Waals surface area (Å²) in [4.78, 5) is 14.1. The van der Waals surface area contributed by atoms with Crippen LogP contribution in [-0.2, 0) is 11.3 Å². The van der Waals surface area contributed by atoms with Crippen LogP contribution in [0.1, 0.15) is 31.5 Å². The van der Waals surface area contributed by atoms with Crippen LogP contribution in [0.2, 0.25) is 0 Å². The zero-order chi connectivity index (χ0) is 16.9. The summed E-state index contributed by atoms with van der Waals surface area (Å²) in [5.74, 6) is 1.69. The lowest BCUT2D eigenvalue weighted by atomic mass is 10.3. The fourth-order valence-electron chi connectivity index (χ4n) is 2.55. The zero-order valence-electron chi connectivity index (χ0n) is 13.6. The Morgan fingerprint density at radius 3 is 2.75 bits per heavy atom. The first-order valence-electron chi connectivity index (χ1n) is 8.02. The molecule has 6 nitrogen and oxygen atoms in total. The number of carbonyl (C=O) groups excluding carboxylic acids is 1. The molecule has 0 radical (unpaired) electrons. The third-order valence-electron chi connectivity index (χ3n) is 3.93. The highest BCUT2D eigenvalue weighted by Crippen LogP contribution is 2.40. The molecular weight excluding hydrogens is 322 g/mol. The molecule has 1 amide bonds. The van der Waals surface area contributed by atoms with Gasteiger partial charge < -0.3 is 4.57 Å². The lowest BCUT2D eigenvalue weighted by Gasteiger charge is -2.19. The van der Waals surface area contributed by atoms with Crippen LogP contribution in [0, 0.1) is 11.3 Å². The molecule has 1 fully saturated rings. The minimum atomic E-state index is -0.105. The molecule has 1 aromatic carbocycles. The van der Waals surface area contributed by atoms with Gasteiger partial charge in [0.2, 0.25) is 5.91 Å². The van der Waals surface area contributed by atoms with Gasteiger partial charge in [-0.2, -0.15) is 5.26 Å². The normalized spacial score (nSPS) is 13.5. The second-order valence-corrected chi connectivity index (χ2v) is 6.56. The summed E-state index contributed by atoms with van der Waals surface area (Å²) >= 11 is 1.38. The molecule has 1 aromatic heterocycles. The summed E-state index contributed by atoms with van der Waals surface area (Å²) < 4.78 is 2.09. The van der Waals surface area contributed by atoms with E-state index in [9.17, 15) is 4.79 Å². The van der Waals surface area contributed by atoms with Crippen molar-refractivity contribution >= 4 is 23.4 Å². The Kier molecular flexibility index (Phi) is 5.16. The molecule has 2 aromatic rings. The number of aromatic nitrogens is 3. The number of carbonyl (C=O) groups is 1. The number of thioether (sulfide) groups is 1. The number of nitriles is 1. The van der Waals surface area contributed by atoms with Gasteiger partial charge in [-0.05, 0) is 31.9 Å². The summed E-state index contributed by atoms with van der Waals surface area (Å²) in [5, 5.41) is 18.3. The number of amides is 1. The third-order valence-corrected chi connectivity index (χ3v) is 4.88. The van der Waals surface area contributed by atoms with Gasteiger partial charge in [-0.1, -0.05) is 30.0 Å². The predicted molar refractivity (Wildman–Crippen MR) is 92.8 cm³/mol. The van der Waals surface area contributed by atoms with Gasteiger partial charge in [-0.3, -0.25) is 9.69 Å². The number of hydrogen-bond donors (Lipinski definition) is 0. The molecule has 0 spiro atoms. The van der Waals surface area contributed by atoms with E-state index < -0.39 is 0 Å². The molecule has 0 atom stereocenters. The second-order valence-electron chi connectivity index (χ2n) is 5.62. The van der Waals surface area contributed by atoms with E-state index in [-0.39, 0.29) is 18.2 Å². The third kappa shape index (κ3) is 3.60. The average Bonchev–Trinajstić information content (AvgIpc) is 3.38. The van der Waals surface area contributed by atoms with E-state index >= 15 is 0 Å². The van der Waals surface area contributed by atoms with E-state index in [4.69, 9.17) is 5.26 Å². The van der Waals surface area contributed by atoms with Gasteiger partial charge in [-0.25, -0.2) is 0 Å². The molecule has 0 unspecified atom stereocenters. The molecule has 1 heterocycles. The first-order valence-corrected chi connectivity index (χ1v) is 9.01. The van der Waals surface area contributed by atoms with Crippen molar-refractivity contribution in [2.45, 2.75) is 37.4 Å². The SMILES string of the molecule is CCn1c(SCC(=O)N(CC#N)c2ccccc2)nnc1C1CC1. The minimum absolute atomic E-state index is 0.0389. The Bertz CT molecular complexity index is 748. The number of para-hydroxylation sites is 1. The first kappa shape index (κ1) is 16.5. The van der Waals surface area contributed by atoms with Gasteiger partial charge in [0.15, 0.2) is 5.16 Å². The van der Waals surface area contributed by atoms with Gasteiger partial charge in [-0.15, -0.1) is 10.2 Å². The lowest BCUT2D eigenvalue weighted by molar-refractivity contribution is -0.116. The van der Waals surface area contributed by atoms with Gasteiger partial charge in [0.05, 0.1) is 11.8 Å². The number of benzene rings is 1. The van der Waals surface area contributed by atoms with Crippen molar-refractivity contribution in [1.82, 2.24) is 14.8 Å². The number of rotatable bonds is 7. The van der Waals surface area contributed by atoms with Crippen LogP contribution in [-0.4, -0.2) is 33.0 Å². The number of nitrogens with zero attached hydrogens (tertiary/aromatic N) is 5. The molecule has 1 aliphatic rings. The van der Waals surface area contributed by atoms with E-state index in [1.165, 1.54) is 29.5 Å². The molecule has 1 saturated carbocycles. The highest BCUT2D eigenvalue weighted by Gasteiger charge is 2.30. The average molecular weight is 341 g/mol. The van der Waals surface area contributed by atoms with Gasteiger partial charge in [0.25, 0.3) is 0 Å². The second kappa shape index (κ2) is 7.49. The van der Waals surface area contributed by atoms with Crippen molar-refractivity contribution in [1.29, 1.82) is 5.26 Å². The molecule has 24 heavy (non-hydrogen) atoms. The van der Waals surface area contributed by atoms with Crippen LogP contribution in [0.15, 0.2) is 35.5 Å². The van der Waals surface area contributed by atoms with E-state index in [1.54, 1.807) is 0 Å². The highest BCUT2D eigenvalue weighted by molar-refractivity contribution is 7.99. The van der Waals surface area contributed by atoms with Crippen molar-refractivity contribution in [2.75, 3.05) is 17.2 Å². The van der Waals surface area contributed by atoms with E-state index in [1.807, 2.05) is 30.3 Å². The van der Waals surface area contributed by atoms with Crippen molar-refractivity contribution in [3.63, 3.8) is 0 Å². The maximum absolute atomic E-state index is 12.6. The van der Waals surface area contributed by atoms with Gasteiger partial charge >= 0.3 is 0 Å². The Morgan fingerprint density at radius 2 is 2.12 bits per heavy atom. The van der Waals surface area contributed by atoms with Crippen molar-refractivity contribution in [2.24, 2.45) is 0 Å². The molecule has 1 aliphatic carbocycles. The molecule has 0 saturated heterocycles. The topological polar surface area (TPSA) is 74.8 Å². The van der Waals surface area contributed by atoms with Crippen LogP contribution in [0.25, 0.3) is 0 Å². The van der Waals surface area contributed by atoms with Gasteiger partial charge in [0.1, 0.15) is 12.4 Å². The zero-order valence-corrected chi connectivity index (χ0v) is 14.4. The largest absolute Gasteiger partial charge is 0.306 e. The summed E-state index contributed by atoms with van der Waals surface area (Å²) in [5.41, 5.74) is 0.736. The Balaban J connectivity index is 1.69. The van der Waals surface area contributed by atoms with Crippen LogP contribution in [0.3, 0.4) is 0 Å². The smallest absolute Gasteiger partial charge is 0.238 e. The van der Waals surface area contributed by atoms with Crippen LogP contribution in [0.4, 0.5) is 5.69 Å². The maximum Gasteiger partial charge on any atom is 0.238 e. The molecule has 0 N–H and O–H groups in total. The van der Waals surface area contributed by atoms with Crippen molar-refractivity contribution in [3.05, 3.63) is 36.2 Å². The quantitative estimate of drug-likeness (QED) is 0.572. The Morgan fingerprint density at radius 1 is 1.38 bits per heavy atom. The highest BCUT2D eigenvalue weighted by atomic mass is 32.2. The fraction of sp³-hybridized carbons (Fsp3) is 0.412. The van der Waals surface area contributed by atoms with Gasteiger partial charge in [0, 0.05) is 18.2 Å². The molecule has 0 aliphatic heterocycles. The minimum Gasteiger partial charge on any atom is -0.306 e. The summed E-state index contributed by atoms with van der Waals surface area (Å²) in [6.07, 6.45) is 2.34. The number of anilines is 1. The molecule has 7 heteroatoms. The first-order chi connectivity index (χ1) is 11.7. The summed E-state index contributed by atoms with van der Waals surface area (Å²) in [6, 6.07) is 11.3. The van der Waals surface area contributed by atoms with E-state index in [0.29, 0.717) is 5.92 Å². The van der Waals surface area contributed by atoms with Crippen molar-refractivity contribution < 1.29 is 4.79 Å². The summed E-state index contributed by atoms with van der Waals surface area (Å²) in [6.45, 7) is 2.90. The molecule has 124 valence electrons. The van der Waals surface area contributed by atoms with Crippen LogP contribution >= 0.6 is 11.8 Å². The summed E-state index contributed by atoms with van der Waals surface area (Å²) in [7, 11) is 0. The standard InChI is InChI=1S/C17H19N5OS/c1-2-21-16(13-8-9-13)19-20-17(21)24-12-15(23)22(11-10-18)14-6-4-3-5-7-14/h3-7,13H,2,8-9,11-12H2,1H3. The molecule has 0 bridgehead atoms. The predicted octanol–water partition coefficient (Wildman–Crippen LogP) is 2.82. The number of hydrogen-bond acceptors (Lipinski definition) is 5. The van der Waals surface area contributed by atoms with Crippen LogP contribution in [0.5, 0.6) is 0 Å². The van der Waals surface area contributed by atoms with Crippen LogP contribution < -0.4 is 4.90 Å². The Hall–Kier alpha value is -2.33. The fourth-order valence-corrected chi connectivity index (χ4v) is 3.44. The monoisotopic (exact) mass is 341 g/mol. The van der Waals surface area contributed by atoms with E-state index in [0.717, 1.165) is 23.2 Å². The molecule has 3 rings (SSSR count). The van der Waals surface area contributed by atoms with E-state index in [2.05, 4.69) is 27.8 Å². The molecular formula is C17H19N5OS.